The van der Waals surface area contributed by atoms with Crippen LogP contribution in [-0.4, -0.2) is 20.2 Å². The predicted octanol–water partition coefficient (Wildman–Crippen LogP) is 3.47. The zero-order valence-electron chi connectivity index (χ0n) is 9.51. The van der Waals surface area contributed by atoms with Gasteiger partial charge in [0.05, 0.1) is 0 Å². The number of halogens is 2. The fourth-order valence-electron chi connectivity index (χ4n) is 1.73. The summed E-state index contributed by atoms with van der Waals surface area (Å²) in [5.74, 6) is 0.367. The molecule has 0 saturated heterocycles. The third-order valence-corrected chi connectivity index (χ3v) is 2.97. The summed E-state index contributed by atoms with van der Waals surface area (Å²) in [7, 11) is 0. The van der Waals surface area contributed by atoms with E-state index < -0.39 is 0 Å². The Morgan fingerprint density at radius 2 is 1.95 bits per heavy atom. The molecule has 3 rings (SSSR count). The van der Waals surface area contributed by atoms with Crippen molar-refractivity contribution in [1.29, 1.82) is 0 Å². The van der Waals surface area contributed by atoms with Crippen LogP contribution in [0.15, 0.2) is 36.7 Å². The lowest BCUT2D eigenvalue weighted by Crippen LogP contribution is -1.99. The number of fused-ring (bicyclic) bond motifs is 1. The monoisotopic (exact) mass is 291 g/mol. The van der Waals surface area contributed by atoms with Crippen molar-refractivity contribution in [3.8, 4) is 0 Å². The van der Waals surface area contributed by atoms with Crippen LogP contribution in [0.5, 0.6) is 0 Å². The minimum absolute atomic E-state index is 0.0359. The van der Waals surface area contributed by atoms with Crippen LogP contribution in [0.2, 0.25) is 10.4 Å². The SMILES string of the molecule is Clc1nnc(Cl)c(Nc2cccc3cnccc23)n1. The van der Waals surface area contributed by atoms with Crippen LogP contribution in [0.1, 0.15) is 0 Å². The Morgan fingerprint density at radius 3 is 2.84 bits per heavy atom. The second kappa shape index (κ2) is 4.95. The molecular formula is C12H7Cl2N5. The van der Waals surface area contributed by atoms with E-state index in [1.807, 2.05) is 24.3 Å². The third kappa shape index (κ3) is 2.43. The third-order valence-electron chi connectivity index (χ3n) is 2.55. The number of benzene rings is 1. The van der Waals surface area contributed by atoms with E-state index in [9.17, 15) is 0 Å². The molecule has 0 spiro atoms. The topological polar surface area (TPSA) is 63.6 Å². The van der Waals surface area contributed by atoms with Crippen LogP contribution < -0.4 is 5.32 Å². The quantitative estimate of drug-likeness (QED) is 0.783. The maximum Gasteiger partial charge on any atom is 0.245 e. The number of pyridine rings is 1. The molecule has 94 valence electrons. The zero-order chi connectivity index (χ0) is 13.2. The number of rotatable bonds is 2. The van der Waals surface area contributed by atoms with E-state index in [4.69, 9.17) is 23.2 Å². The fourth-order valence-corrected chi connectivity index (χ4v) is 1.98. The molecule has 0 fully saturated rings. The molecule has 1 N–H and O–H groups in total. The van der Waals surface area contributed by atoms with Gasteiger partial charge in [0.25, 0.3) is 0 Å². The van der Waals surface area contributed by atoms with Gasteiger partial charge >= 0.3 is 0 Å². The first-order chi connectivity index (χ1) is 9.24. The first-order valence-corrected chi connectivity index (χ1v) is 6.15. The molecule has 0 aliphatic rings. The van der Waals surface area contributed by atoms with Crippen molar-refractivity contribution in [3.63, 3.8) is 0 Å². The molecule has 1 aromatic carbocycles. The molecule has 0 aliphatic carbocycles. The van der Waals surface area contributed by atoms with E-state index in [2.05, 4.69) is 25.5 Å². The second-order valence-electron chi connectivity index (χ2n) is 3.75. The van der Waals surface area contributed by atoms with Crippen molar-refractivity contribution >= 4 is 45.5 Å². The van der Waals surface area contributed by atoms with Crippen LogP contribution in [0.25, 0.3) is 10.8 Å². The Morgan fingerprint density at radius 1 is 1.05 bits per heavy atom. The van der Waals surface area contributed by atoms with E-state index in [0.29, 0.717) is 5.82 Å². The van der Waals surface area contributed by atoms with Crippen molar-refractivity contribution in [2.45, 2.75) is 0 Å². The Hall–Kier alpha value is -1.98. The maximum absolute atomic E-state index is 5.93. The summed E-state index contributed by atoms with van der Waals surface area (Å²) in [5, 5.41) is 12.6. The van der Waals surface area contributed by atoms with Gasteiger partial charge in [-0.15, -0.1) is 10.2 Å². The highest BCUT2D eigenvalue weighted by molar-refractivity contribution is 6.32. The van der Waals surface area contributed by atoms with Gasteiger partial charge in [0.15, 0.2) is 11.0 Å². The highest BCUT2D eigenvalue weighted by atomic mass is 35.5. The molecule has 0 atom stereocenters. The number of anilines is 2. The largest absolute Gasteiger partial charge is 0.337 e. The van der Waals surface area contributed by atoms with Gasteiger partial charge in [-0.1, -0.05) is 23.7 Å². The smallest absolute Gasteiger partial charge is 0.245 e. The van der Waals surface area contributed by atoms with Crippen LogP contribution in [0, 0.1) is 0 Å². The molecule has 0 aliphatic heterocycles. The first kappa shape index (κ1) is 12.1. The minimum atomic E-state index is 0.0359. The fraction of sp³-hybridized carbons (Fsp3) is 0. The van der Waals surface area contributed by atoms with Gasteiger partial charge in [0, 0.05) is 28.9 Å². The average molecular weight is 292 g/mol. The van der Waals surface area contributed by atoms with Gasteiger partial charge in [-0.2, -0.15) is 4.98 Å². The van der Waals surface area contributed by atoms with E-state index in [-0.39, 0.29) is 10.4 Å². The first-order valence-electron chi connectivity index (χ1n) is 5.39. The van der Waals surface area contributed by atoms with Crippen molar-refractivity contribution in [3.05, 3.63) is 47.1 Å². The molecule has 7 heteroatoms. The van der Waals surface area contributed by atoms with Crippen molar-refractivity contribution in [2.75, 3.05) is 5.32 Å². The van der Waals surface area contributed by atoms with Crippen LogP contribution >= 0.6 is 23.2 Å². The minimum Gasteiger partial charge on any atom is -0.337 e. The van der Waals surface area contributed by atoms with Gasteiger partial charge in [-0.25, -0.2) is 0 Å². The Kier molecular flexibility index (Phi) is 3.15. The Bertz CT molecular complexity index is 742. The van der Waals surface area contributed by atoms with Crippen molar-refractivity contribution < 1.29 is 0 Å². The molecule has 2 heterocycles. The van der Waals surface area contributed by atoms with E-state index in [1.54, 1.807) is 12.4 Å². The molecule has 0 unspecified atom stereocenters. The van der Waals surface area contributed by atoms with Gasteiger partial charge in [-0.05, 0) is 23.7 Å². The van der Waals surface area contributed by atoms with E-state index in [0.717, 1.165) is 16.5 Å². The van der Waals surface area contributed by atoms with Gasteiger partial charge in [0.2, 0.25) is 5.28 Å². The van der Waals surface area contributed by atoms with E-state index >= 15 is 0 Å². The molecular weight excluding hydrogens is 285 g/mol. The van der Waals surface area contributed by atoms with Gasteiger partial charge < -0.3 is 5.32 Å². The van der Waals surface area contributed by atoms with Crippen LogP contribution in [-0.2, 0) is 0 Å². The summed E-state index contributed by atoms with van der Waals surface area (Å²) in [4.78, 5) is 8.09. The van der Waals surface area contributed by atoms with Gasteiger partial charge in [-0.3, -0.25) is 4.98 Å². The number of hydrogen-bond acceptors (Lipinski definition) is 5. The van der Waals surface area contributed by atoms with Crippen LogP contribution in [0.3, 0.4) is 0 Å². The molecule has 19 heavy (non-hydrogen) atoms. The number of nitrogens with one attached hydrogen (secondary N) is 1. The summed E-state index contributed by atoms with van der Waals surface area (Å²) < 4.78 is 0. The lowest BCUT2D eigenvalue weighted by molar-refractivity contribution is 0.975. The highest BCUT2D eigenvalue weighted by Crippen LogP contribution is 2.27. The van der Waals surface area contributed by atoms with Crippen molar-refractivity contribution in [1.82, 2.24) is 20.2 Å². The number of aromatic nitrogens is 4. The van der Waals surface area contributed by atoms with Crippen LogP contribution in [0.4, 0.5) is 11.5 Å². The Labute approximate surface area is 118 Å². The molecule has 2 aromatic heterocycles. The molecule has 0 radical (unpaired) electrons. The summed E-state index contributed by atoms with van der Waals surface area (Å²) >= 11 is 11.6. The predicted molar refractivity (Wildman–Crippen MR) is 74.9 cm³/mol. The number of hydrogen-bond donors (Lipinski definition) is 1. The van der Waals surface area contributed by atoms with Crippen molar-refractivity contribution in [2.24, 2.45) is 0 Å². The maximum atomic E-state index is 5.93. The lowest BCUT2D eigenvalue weighted by Gasteiger charge is -2.09. The molecule has 5 nitrogen and oxygen atoms in total. The zero-order valence-corrected chi connectivity index (χ0v) is 11.0. The highest BCUT2D eigenvalue weighted by Gasteiger charge is 2.08. The summed E-state index contributed by atoms with van der Waals surface area (Å²) in [5.41, 5.74) is 0.846. The molecule has 0 bridgehead atoms. The standard InChI is InChI=1S/C12H7Cl2N5/c13-10-11(17-12(14)19-18-10)16-9-3-1-2-7-6-15-5-4-8(7)9/h1-6H,(H,16,17,19). The molecule has 0 amide bonds. The normalized spacial score (nSPS) is 10.6. The van der Waals surface area contributed by atoms with Gasteiger partial charge in [0.1, 0.15) is 0 Å². The summed E-state index contributed by atoms with van der Waals surface area (Å²) in [6.07, 6.45) is 3.51. The van der Waals surface area contributed by atoms with E-state index in [1.165, 1.54) is 0 Å². The number of nitrogens with zero attached hydrogens (tertiary/aromatic N) is 4. The summed E-state index contributed by atoms with van der Waals surface area (Å²) in [6, 6.07) is 7.70. The average Bonchev–Trinajstić information content (AvgIpc) is 2.43. The lowest BCUT2D eigenvalue weighted by atomic mass is 10.1. The molecule has 0 saturated carbocycles. The second-order valence-corrected chi connectivity index (χ2v) is 4.44. The Balaban J connectivity index is 2.08. The summed E-state index contributed by atoms with van der Waals surface area (Å²) in [6.45, 7) is 0. The molecule has 3 aromatic rings.